The Kier molecular flexibility index (Phi) is 4.42. The fourth-order valence-electron chi connectivity index (χ4n) is 3.29. The van der Waals surface area contributed by atoms with Gasteiger partial charge in [0.25, 0.3) is 0 Å². The van der Waals surface area contributed by atoms with E-state index >= 15 is 0 Å². The van der Waals surface area contributed by atoms with E-state index in [1.165, 1.54) is 5.56 Å². The zero-order chi connectivity index (χ0) is 17.3. The number of benzene rings is 1. The molecule has 2 amide bonds. The maximum Gasteiger partial charge on any atom is 0.229 e. The van der Waals surface area contributed by atoms with Crippen molar-refractivity contribution in [2.75, 3.05) is 11.9 Å². The van der Waals surface area contributed by atoms with Gasteiger partial charge in [-0.3, -0.25) is 9.59 Å². The van der Waals surface area contributed by atoms with Crippen LogP contribution in [0.3, 0.4) is 0 Å². The van der Waals surface area contributed by atoms with Gasteiger partial charge in [-0.1, -0.05) is 17.7 Å². The molecule has 1 aromatic heterocycles. The number of aryl methyl sites for hydroxylation is 3. The van der Waals surface area contributed by atoms with Crippen molar-refractivity contribution in [1.29, 1.82) is 0 Å². The summed E-state index contributed by atoms with van der Waals surface area (Å²) in [7, 11) is 0. The molecular weight excluding hydrogens is 304 g/mol. The van der Waals surface area contributed by atoms with Crippen LogP contribution in [0.15, 0.2) is 34.9 Å². The van der Waals surface area contributed by atoms with Crippen molar-refractivity contribution >= 4 is 17.5 Å². The lowest BCUT2D eigenvalue weighted by Gasteiger charge is -2.17. The summed E-state index contributed by atoms with van der Waals surface area (Å²) in [4.78, 5) is 26.4. The molecule has 1 N–H and O–H groups in total. The van der Waals surface area contributed by atoms with Crippen LogP contribution in [0.1, 0.15) is 28.9 Å². The Labute approximate surface area is 141 Å². The Morgan fingerprint density at radius 3 is 2.62 bits per heavy atom. The lowest BCUT2D eigenvalue weighted by atomic mass is 10.0. The molecule has 3 rings (SSSR count). The molecule has 2 heterocycles. The Morgan fingerprint density at radius 2 is 2.00 bits per heavy atom. The number of hydrogen-bond acceptors (Lipinski definition) is 3. The third-order valence-electron chi connectivity index (χ3n) is 4.44. The van der Waals surface area contributed by atoms with Crippen LogP contribution in [-0.4, -0.2) is 23.3 Å². The summed E-state index contributed by atoms with van der Waals surface area (Å²) >= 11 is 0. The smallest absolute Gasteiger partial charge is 0.229 e. The monoisotopic (exact) mass is 326 g/mol. The molecule has 0 aliphatic carbocycles. The second-order valence-electron chi connectivity index (χ2n) is 6.52. The average Bonchev–Trinajstić information content (AvgIpc) is 3.14. The van der Waals surface area contributed by atoms with E-state index in [-0.39, 0.29) is 24.2 Å². The van der Waals surface area contributed by atoms with E-state index in [0.717, 1.165) is 22.6 Å². The molecule has 0 bridgehead atoms. The molecule has 1 aliphatic heterocycles. The van der Waals surface area contributed by atoms with E-state index in [2.05, 4.69) is 5.32 Å². The number of anilines is 1. The van der Waals surface area contributed by atoms with Crippen LogP contribution in [0, 0.1) is 26.7 Å². The van der Waals surface area contributed by atoms with Gasteiger partial charge in [0, 0.05) is 18.7 Å². The molecule has 1 atom stereocenters. The van der Waals surface area contributed by atoms with Crippen LogP contribution in [0.4, 0.5) is 5.69 Å². The molecule has 5 nitrogen and oxygen atoms in total. The first-order valence-corrected chi connectivity index (χ1v) is 8.13. The van der Waals surface area contributed by atoms with Gasteiger partial charge in [-0.25, -0.2) is 0 Å². The molecule has 1 fully saturated rings. The van der Waals surface area contributed by atoms with E-state index in [9.17, 15) is 9.59 Å². The van der Waals surface area contributed by atoms with Crippen LogP contribution in [-0.2, 0) is 16.1 Å². The fourth-order valence-corrected chi connectivity index (χ4v) is 3.29. The summed E-state index contributed by atoms with van der Waals surface area (Å²) in [6, 6.07) is 7.72. The highest BCUT2D eigenvalue weighted by Gasteiger charge is 2.34. The highest BCUT2D eigenvalue weighted by Crippen LogP contribution is 2.25. The highest BCUT2D eigenvalue weighted by atomic mass is 16.3. The van der Waals surface area contributed by atoms with Gasteiger partial charge >= 0.3 is 0 Å². The largest absolute Gasteiger partial charge is 0.467 e. The van der Waals surface area contributed by atoms with Crippen LogP contribution < -0.4 is 5.32 Å². The molecule has 1 saturated heterocycles. The van der Waals surface area contributed by atoms with Crippen LogP contribution in [0.25, 0.3) is 0 Å². The van der Waals surface area contributed by atoms with Gasteiger partial charge in [-0.05, 0) is 44.0 Å². The van der Waals surface area contributed by atoms with Crippen LogP contribution in [0.5, 0.6) is 0 Å². The third kappa shape index (κ3) is 3.35. The average molecular weight is 326 g/mol. The summed E-state index contributed by atoms with van der Waals surface area (Å²) in [5, 5.41) is 3.01. The van der Waals surface area contributed by atoms with Crippen LogP contribution >= 0.6 is 0 Å². The summed E-state index contributed by atoms with van der Waals surface area (Å²) < 4.78 is 5.28. The lowest BCUT2D eigenvalue weighted by Crippen LogP contribution is -2.28. The molecule has 1 unspecified atom stereocenters. The second-order valence-corrected chi connectivity index (χ2v) is 6.52. The van der Waals surface area contributed by atoms with E-state index in [0.29, 0.717) is 13.1 Å². The van der Waals surface area contributed by atoms with Crippen molar-refractivity contribution in [3.63, 3.8) is 0 Å². The zero-order valence-corrected chi connectivity index (χ0v) is 14.3. The number of furan rings is 1. The third-order valence-corrected chi connectivity index (χ3v) is 4.44. The Hall–Kier alpha value is -2.56. The fraction of sp³-hybridized carbons (Fsp3) is 0.368. The molecular formula is C19H22N2O3. The van der Waals surface area contributed by atoms with Crippen molar-refractivity contribution in [1.82, 2.24) is 4.90 Å². The minimum Gasteiger partial charge on any atom is -0.467 e. The first-order chi connectivity index (χ1) is 11.4. The Morgan fingerprint density at radius 1 is 1.29 bits per heavy atom. The number of nitrogens with one attached hydrogen (secondary N) is 1. The number of likely N-dealkylation sites (tertiary alicyclic amines) is 1. The molecule has 0 radical (unpaired) electrons. The number of amides is 2. The summed E-state index contributed by atoms with van der Waals surface area (Å²) in [6.45, 7) is 6.85. The van der Waals surface area contributed by atoms with Crippen molar-refractivity contribution in [3.8, 4) is 0 Å². The van der Waals surface area contributed by atoms with Gasteiger partial charge < -0.3 is 14.6 Å². The molecule has 5 heteroatoms. The molecule has 1 aliphatic rings. The Bertz CT molecular complexity index is 742. The van der Waals surface area contributed by atoms with Crippen molar-refractivity contribution < 1.29 is 14.0 Å². The van der Waals surface area contributed by atoms with E-state index in [1.54, 1.807) is 17.2 Å². The highest BCUT2D eigenvalue weighted by molar-refractivity contribution is 5.98. The summed E-state index contributed by atoms with van der Waals surface area (Å²) in [5.41, 5.74) is 4.10. The molecule has 0 saturated carbocycles. The molecule has 0 spiro atoms. The minimum absolute atomic E-state index is 0.0103. The maximum atomic E-state index is 12.6. The standard InChI is InChI=1S/C19H22N2O3/c1-12-7-13(2)18(14(3)8-12)20-19(23)15-9-17(22)21(10-15)11-16-5-4-6-24-16/h4-8,15H,9-11H2,1-3H3,(H,20,23). The van der Waals surface area contributed by atoms with Crippen molar-refractivity contribution in [2.24, 2.45) is 5.92 Å². The quantitative estimate of drug-likeness (QED) is 0.938. The first-order valence-electron chi connectivity index (χ1n) is 8.13. The second kappa shape index (κ2) is 6.51. The SMILES string of the molecule is Cc1cc(C)c(NC(=O)C2CC(=O)N(Cc3ccco3)C2)c(C)c1. The van der Waals surface area contributed by atoms with E-state index in [1.807, 2.05) is 39.0 Å². The van der Waals surface area contributed by atoms with E-state index < -0.39 is 0 Å². The lowest BCUT2D eigenvalue weighted by molar-refractivity contribution is -0.128. The van der Waals surface area contributed by atoms with Crippen molar-refractivity contribution in [3.05, 3.63) is 53.0 Å². The van der Waals surface area contributed by atoms with Crippen molar-refractivity contribution in [2.45, 2.75) is 33.7 Å². The molecule has 24 heavy (non-hydrogen) atoms. The van der Waals surface area contributed by atoms with Gasteiger partial charge in [0.1, 0.15) is 5.76 Å². The first kappa shape index (κ1) is 16.3. The number of carbonyl (C=O) groups is 2. The molecule has 2 aromatic rings. The normalized spacial score (nSPS) is 17.4. The van der Waals surface area contributed by atoms with E-state index in [4.69, 9.17) is 4.42 Å². The number of carbonyl (C=O) groups excluding carboxylic acids is 2. The van der Waals surface area contributed by atoms with Gasteiger partial charge in [-0.2, -0.15) is 0 Å². The summed E-state index contributed by atoms with van der Waals surface area (Å²) in [6.07, 6.45) is 1.83. The van der Waals surface area contributed by atoms with Gasteiger partial charge in [0.15, 0.2) is 0 Å². The zero-order valence-electron chi connectivity index (χ0n) is 14.3. The number of rotatable bonds is 4. The minimum atomic E-state index is -0.326. The van der Waals surface area contributed by atoms with Gasteiger partial charge in [0.2, 0.25) is 11.8 Å². The predicted molar refractivity (Wildman–Crippen MR) is 91.5 cm³/mol. The summed E-state index contributed by atoms with van der Waals surface area (Å²) in [5.74, 6) is 0.298. The van der Waals surface area contributed by atoms with Gasteiger partial charge in [-0.15, -0.1) is 0 Å². The number of hydrogen-bond donors (Lipinski definition) is 1. The maximum absolute atomic E-state index is 12.6. The Balaban J connectivity index is 1.67. The van der Waals surface area contributed by atoms with Crippen LogP contribution in [0.2, 0.25) is 0 Å². The number of nitrogens with zero attached hydrogens (tertiary/aromatic N) is 1. The topological polar surface area (TPSA) is 62.6 Å². The molecule has 126 valence electrons. The van der Waals surface area contributed by atoms with Gasteiger partial charge in [0.05, 0.1) is 18.7 Å². The predicted octanol–water partition coefficient (Wildman–Crippen LogP) is 3.19. The molecule has 1 aromatic carbocycles.